The van der Waals surface area contributed by atoms with E-state index in [9.17, 15) is 13.2 Å². The summed E-state index contributed by atoms with van der Waals surface area (Å²) in [4.78, 5) is 18.0. The number of nitrogens with zero attached hydrogens (tertiary/aromatic N) is 3. The van der Waals surface area contributed by atoms with Gasteiger partial charge in [-0.15, -0.1) is 0 Å². The molecule has 0 aromatic heterocycles. The first-order valence-corrected chi connectivity index (χ1v) is 12.3. The molecule has 6 nitrogen and oxygen atoms in total. The molecule has 5 fully saturated rings. The van der Waals surface area contributed by atoms with Crippen molar-refractivity contribution in [1.29, 1.82) is 0 Å². The molecule has 3 saturated heterocycles. The van der Waals surface area contributed by atoms with Crippen molar-refractivity contribution in [3.63, 3.8) is 0 Å². The van der Waals surface area contributed by atoms with Gasteiger partial charge in [-0.05, 0) is 69.7 Å². The van der Waals surface area contributed by atoms with Crippen LogP contribution in [-0.2, 0) is 14.8 Å². The minimum Gasteiger partial charge on any atom is -0.342 e. The first kappa shape index (κ1) is 18.4. The van der Waals surface area contributed by atoms with Gasteiger partial charge in [-0.25, -0.2) is 12.7 Å². The Morgan fingerprint density at radius 2 is 1.63 bits per heavy atom. The number of hydrogen-bond donors (Lipinski definition) is 0. The number of fused-ring (bicyclic) bond motifs is 2. The molecule has 7 heteroatoms. The molecule has 3 heterocycles. The zero-order chi connectivity index (χ0) is 18.9. The number of rotatable bonds is 3. The summed E-state index contributed by atoms with van der Waals surface area (Å²) >= 11 is 0. The Bertz CT molecular complexity index is 721. The van der Waals surface area contributed by atoms with E-state index < -0.39 is 10.0 Å². The number of carbonyl (C=O) groups is 1. The Morgan fingerprint density at radius 3 is 2.26 bits per heavy atom. The van der Waals surface area contributed by atoms with Gasteiger partial charge < -0.3 is 9.80 Å². The molecular formula is C20H33N3O3S. The maximum atomic E-state index is 13.5. The molecule has 2 aliphatic carbocycles. The number of carbonyl (C=O) groups excluding carboxylic acids is 1. The predicted octanol–water partition coefficient (Wildman–Crippen LogP) is 1.53. The van der Waals surface area contributed by atoms with Gasteiger partial charge >= 0.3 is 0 Å². The average molecular weight is 396 g/mol. The summed E-state index contributed by atoms with van der Waals surface area (Å²) in [6.45, 7) is 5.06. The second-order valence-electron chi connectivity index (χ2n) is 9.91. The van der Waals surface area contributed by atoms with Crippen LogP contribution in [0.4, 0.5) is 0 Å². The second-order valence-corrected chi connectivity index (χ2v) is 12.1. The molecule has 0 aromatic rings. The zero-order valence-corrected chi connectivity index (χ0v) is 17.3. The summed E-state index contributed by atoms with van der Waals surface area (Å²) in [5.41, 5.74) is -0.0493. The highest BCUT2D eigenvalue weighted by Gasteiger charge is 2.64. The normalized spacial score (nSPS) is 37.2. The lowest BCUT2D eigenvalue weighted by Gasteiger charge is -2.44. The molecule has 0 unspecified atom stereocenters. The van der Waals surface area contributed by atoms with Crippen LogP contribution in [0.1, 0.15) is 51.4 Å². The van der Waals surface area contributed by atoms with E-state index in [2.05, 4.69) is 16.8 Å². The molecule has 1 spiro atoms. The van der Waals surface area contributed by atoms with Gasteiger partial charge in [0.2, 0.25) is 15.9 Å². The maximum Gasteiger partial charge on any atom is 0.230 e. The van der Waals surface area contributed by atoms with Crippen LogP contribution in [0.3, 0.4) is 0 Å². The summed E-state index contributed by atoms with van der Waals surface area (Å²) in [5, 5.41) is -0.108. The highest BCUT2D eigenvalue weighted by molar-refractivity contribution is 7.90. The molecular weight excluding hydrogens is 362 g/mol. The van der Waals surface area contributed by atoms with Crippen molar-refractivity contribution in [2.75, 3.05) is 46.3 Å². The van der Waals surface area contributed by atoms with E-state index in [4.69, 9.17) is 0 Å². The van der Waals surface area contributed by atoms with Gasteiger partial charge in [0.05, 0.1) is 10.7 Å². The van der Waals surface area contributed by atoms with E-state index in [-0.39, 0.29) is 16.1 Å². The summed E-state index contributed by atoms with van der Waals surface area (Å²) in [5.74, 6) is 0.799. The van der Waals surface area contributed by atoms with Gasteiger partial charge in [-0.3, -0.25) is 4.79 Å². The summed E-state index contributed by atoms with van der Waals surface area (Å²) in [6.07, 6.45) is 7.92. The highest BCUT2D eigenvalue weighted by Crippen LogP contribution is 2.62. The number of hydrogen-bond acceptors (Lipinski definition) is 4. The molecule has 5 rings (SSSR count). The van der Waals surface area contributed by atoms with E-state index in [1.165, 1.54) is 0 Å². The number of amides is 1. The van der Waals surface area contributed by atoms with Crippen LogP contribution in [0, 0.1) is 16.7 Å². The fourth-order valence-corrected chi connectivity index (χ4v) is 8.59. The third kappa shape index (κ3) is 2.71. The van der Waals surface area contributed by atoms with E-state index >= 15 is 0 Å². The lowest BCUT2D eigenvalue weighted by atomic mass is 9.66. The molecule has 5 aliphatic rings. The molecule has 0 radical (unpaired) electrons. The summed E-state index contributed by atoms with van der Waals surface area (Å²) in [7, 11) is -0.914. The Hall–Kier alpha value is -0.660. The van der Waals surface area contributed by atoms with Crippen molar-refractivity contribution in [3.05, 3.63) is 0 Å². The molecule has 0 N–H and O–H groups in total. The van der Waals surface area contributed by atoms with Crippen LogP contribution in [0.15, 0.2) is 0 Å². The minimum atomic E-state index is -3.06. The van der Waals surface area contributed by atoms with Crippen LogP contribution in [0.2, 0.25) is 0 Å². The van der Waals surface area contributed by atoms with Crippen molar-refractivity contribution in [3.8, 4) is 0 Å². The first-order chi connectivity index (χ1) is 12.9. The van der Waals surface area contributed by atoms with E-state index in [1.54, 1.807) is 4.31 Å². The monoisotopic (exact) mass is 395 g/mol. The fraction of sp³-hybridized carbons (Fsp3) is 0.950. The Morgan fingerprint density at radius 1 is 0.963 bits per heavy atom. The Labute approximate surface area is 163 Å². The highest BCUT2D eigenvalue weighted by atomic mass is 32.2. The Kier molecular flexibility index (Phi) is 4.20. The zero-order valence-electron chi connectivity index (χ0n) is 16.5. The van der Waals surface area contributed by atoms with Crippen LogP contribution in [0.5, 0.6) is 0 Å². The standard InChI is InChI=1S/C20H33N3O3S/c1-21-14-17-19(8-12-23(13-9-19)27(25,26)16-4-5-16)6-7-20(17,15-21)18(24)22-10-2-3-11-22/h16-17H,2-15H2,1H3/t17-,20-/m1/s1. The van der Waals surface area contributed by atoms with E-state index in [0.29, 0.717) is 24.9 Å². The molecule has 0 aromatic carbocycles. The van der Waals surface area contributed by atoms with Crippen LogP contribution in [-0.4, -0.2) is 80.0 Å². The number of piperidine rings is 1. The first-order valence-electron chi connectivity index (χ1n) is 10.8. The van der Waals surface area contributed by atoms with Crippen molar-refractivity contribution in [2.45, 2.75) is 56.6 Å². The predicted molar refractivity (Wildman–Crippen MR) is 104 cm³/mol. The van der Waals surface area contributed by atoms with Gasteiger partial charge in [0, 0.05) is 39.3 Å². The quantitative estimate of drug-likeness (QED) is 0.727. The second kappa shape index (κ2) is 6.17. The van der Waals surface area contributed by atoms with Crippen LogP contribution < -0.4 is 0 Å². The molecule has 27 heavy (non-hydrogen) atoms. The summed E-state index contributed by atoms with van der Waals surface area (Å²) in [6, 6.07) is 0. The van der Waals surface area contributed by atoms with E-state index in [1.807, 2.05) is 0 Å². The van der Waals surface area contributed by atoms with Crippen LogP contribution >= 0.6 is 0 Å². The topological polar surface area (TPSA) is 60.9 Å². The lowest BCUT2D eigenvalue weighted by molar-refractivity contribution is -0.142. The third-order valence-corrected chi connectivity index (χ3v) is 10.8. The summed E-state index contributed by atoms with van der Waals surface area (Å²) < 4.78 is 27.0. The molecule has 1 amide bonds. The van der Waals surface area contributed by atoms with Gasteiger partial charge in [-0.1, -0.05) is 0 Å². The molecule has 2 atom stereocenters. The van der Waals surface area contributed by atoms with Crippen LogP contribution in [0.25, 0.3) is 0 Å². The SMILES string of the molecule is CN1C[C@@H]2C3(CCN(S(=O)(=O)C4CC4)CC3)CC[C@@]2(C(=O)N2CCCC2)C1. The largest absolute Gasteiger partial charge is 0.342 e. The number of sulfonamides is 1. The van der Waals surface area contributed by atoms with Crippen molar-refractivity contribution in [2.24, 2.45) is 16.7 Å². The molecule has 2 saturated carbocycles. The Balaban J connectivity index is 1.36. The van der Waals surface area contributed by atoms with Crippen molar-refractivity contribution in [1.82, 2.24) is 14.1 Å². The molecule has 3 aliphatic heterocycles. The third-order valence-electron chi connectivity index (χ3n) is 8.36. The number of likely N-dealkylation sites (tertiary alicyclic amines) is 2. The van der Waals surface area contributed by atoms with Gasteiger partial charge in [-0.2, -0.15) is 0 Å². The van der Waals surface area contributed by atoms with Crippen molar-refractivity contribution < 1.29 is 13.2 Å². The molecule has 0 bridgehead atoms. The molecule has 152 valence electrons. The smallest absolute Gasteiger partial charge is 0.230 e. The van der Waals surface area contributed by atoms with Crippen molar-refractivity contribution >= 4 is 15.9 Å². The van der Waals surface area contributed by atoms with Gasteiger partial charge in [0.15, 0.2) is 0 Å². The van der Waals surface area contributed by atoms with Gasteiger partial charge in [0.1, 0.15) is 0 Å². The average Bonchev–Trinajstić information content (AvgIpc) is 3.17. The maximum absolute atomic E-state index is 13.5. The lowest BCUT2D eigenvalue weighted by Crippen LogP contribution is -2.50. The fourth-order valence-electron chi connectivity index (χ4n) is 6.74. The van der Waals surface area contributed by atoms with Gasteiger partial charge in [0.25, 0.3) is 0 Å². The minimum absolute atomic E-state index is 0.108. The van der Waals surface area contributed by atoms with E-state index in [0.717, 1.165) is 77.5 Å².